The van der Waals surface area contributed by atoms with E-state index in [1.54, 1.807) is 7.05 Å². The summed E-state index contributed by atoms with van der Waals surface area (Å²) in [5, 5.41) is 14.7. The standard InChI is InChI=1S/C10H19N5O/c1-8(2)11-6-4-5-9(16)7-10-12-14-15(3)13-10/h8,11H,4-7H2,1-3H3. The maximum atomic E-state index is 11.5. The quantitative estimate of drug-likeness (QED) is 0.666. The van der Waals surface area contributed by atoms with Gasteiger partial charge in [-0.15, -0.1) is 10.2 Å². The molecule has 0 saturated carbocycles. The van der Waals surface area contributed by atoms with E-state index >= 15 is 0 Å². The number of Topliss-reactive ketones (excluding diaryl/α,β-unsaturated/α-hetero) is 1. The van der Waals surface area contributed by atoms with Gasteiger partial charge < -0.3 is 5.32 Å². The lowest BCUT2D eigenvalue weighted by molar-refractivity contribution is -0.118. The Kier molecular flexibility index (Phi) is 5.04. The summed E-state index contributed by atoms with van der Waals surface area (Å²) in [6, 6.07) is 0.469. The predicted molar refractivity (Wildman–Crippen MR) is 59.9 cm³/mol. The molecule has 0 spiro atoms. The van der Waals surface area contributed by atoms with E-state index in [-0.39, 0.29) is 12.2 Å². The number of hydrogen-bond acceptors (Lipinski definition) is 5. The molecular formula is C10H19N5O. The Morgan fingerprint density at radius 3 is 2.81 bits per heavy atom. The van der Waals surface area contributed by atoms with Crippen LogP contribution in [0.1, 0.15) is 32.5 Å². The van der Waals surface area contributed by atoms with Crippen molar-refractivity contribution in [2.45, 2.75) is 39.2 Å². The van der Waals surface area contributed by atoms with Crippen LogP contribution < -0.4 is 5.32 Å². The Hall–Kier alpha value is -1.30. The molecule has 1 aromatic heterocycles. The molecular weight excluding hydrogens is 206 g/mol. The number of aromatic nitrogens is 4. The summed E-state index contributed by atoms with van der Waals surface area (Å²) in [7, 11) is 1.69. The number of nitrogens with zero attached hydrogens (tertiary/aromatic N) is 4. The first-order valence-corrected chi connectivity index (χ1v) is 5.56. The van der Waals surface area contributed by atoms with E-state index in [4.69, 9.17) is 0 Å². The van der Waals surface area contributed by atoms with Crippen molar-refractivity contribution in [1.82, 2.24) is 25.5 Å². The minimum atomic E-state index is 0.165. The SMILES string of the molecule is CC(C)NCCCC(=O)Cc1nnn(C)n1. The van der Waals surface area contributed by atoms with Crippen molar-refractivity contribution in [3.8, 4) is 0 Å². The third-order valence-corrected chi connectivity index (χ3v) is 2.09. The summed E-state index contributed by atoms with van der Waals surface area (Å²) in [4.78, 5) is 12.9. The second kappa shape index (κ2) is 6.32. The first kappa shape index (κ1) is 12.8. The fourth-order valence-electron chi connectivity index (χ4n) is 1.34. The van der Waals surface area contributed by atoms with Crippen LogP contribution in [-0.4, -0.2) is 38.6 Å². The van der Waals surface area contributed by atoms with Gasteiger partial charge in [-0.25, -0.2) is 0 Å². The molecule has 6 nitrogen and oxygen atoms in total. The molecule has 6 heteroatoms. The largest absolute Gasteiger partial charge is 0.315 e. The zero-order chi connectivity index (χ0) is 12.0. The minimum Gasteiger partial charge on any atom is -0.315 e. The molecule has 0 amide bonds. The van der Waals surface area contributed by atoms with Gasteiger partial charge in [-0.2, -0.15) is 4.80 Å². The number of hydrogen-bond donors (Lipinski definition) is 1. The topological polar surface area (TPSA) is 72.7 Å². The fourth-order valence-corrected chi connectivity index (χ4v) is 1.34. The molecule has 0 aromatic carbocycles. The Labute approximate surface area is 95.4 Å². The first-order chi connectivity index (χ1) is 7.58. The highest BCUT2D eigenvalue weighted by molar-refractivity contribution is 5.79. The number of nitrogens with one attached hydrogen (secondary N) is 1. The first-order valence-electron chi connectivity index (χ1n) is 5.56. The van der Waals surface area contributed by atoms with Crippen LogP contribution in [0.4, 0.5) is 0 Å². The number of tetrazole rings is 1. The molecule has 0 fully saturated rings. The van der Waals surface area contributed by atoms with Crippen molar-refractivity contribution < 1.29 is 4.79 Å². The summed E-state index contributed by atoms with van der Waals surface area (Å²) in [5.74, 6) is 0.669. The summed E-state index contributed by atoms with van der Waals surface area (Å²) < 4.78 is 0. The van der Waals surface area contributed by atoms with Gasteiger partial charge in [0.1, 0.15) is 5.78 Å². The lowest BCUT2D eigenvalue weighted by Gasteiger charge is -2.06. The molecule has 0 aliphatic heterocycles. The molecule has 0 aliphatic carbocycles. The molecule has 0 atom stereocenters. The van der Waals surface area contributed by atoms with Gasteiger partial charge in [0.2, 0.25) is 0 Å². The van der Waals surface area contributed by atoms with Crippen molar-refractivity contribution in [2.75, 3.05) is 6.54 Å². The molecule has 1 rings (SSSR count). The summed E-state index contributed by atoms with van der Waals surface area (Å²) in [6.45, 7) is 5.05. The minimum absolute atomic E-state index is 0.165. The van der Waals surface area contributed by atoms with Crippen LogP contribution in [0.3, 0.4) is 0 Å². The van der Waals surface area contributed by atoms with Crippen molar-refractivity contribution in [2.24, 2.45) is 7.05 Å². The summed E-state index contributed by atoms with van der Waals surface area (Å²) in [5.41, 5.74) is 0. The Balaban J connectivity index is 2.16. The Morgan fingerprint density at radius 1 is 1.50 bits per heavy atom. The van der Waals surface area contributed by atoms with E-state index in [9.17, 15) is 4.79 Å². The molecule has 0 bridgehead atoms. The van der Waals surface area contributed by atoms with Crippen LogP contribution in [0.2, 0.25) is 0 Å². The molecule has 0 radical (unpaired) electrons. The zero-order valence-electron chi connectivity index (χ0n) is 10.1. The van der Waals surface area contributed by atoms with Crippen LogP contribution in [0.15, 0.2) is 0 Å². The number of aryl methyl sites for hydroxylation is 1. The molecule has 16 heavy (non-hydrogen) atoms. The highest BCUT2D eigenvalue weighted by atomic mass is 16.1. The maximum Gasteiger partial charge on any atom is 0.182 e. The molecule has 0 unspecified atom stereocenters. The third kappa shape index (κ3) is 4.97. The smallest absolute Gasteiger partial charge is 0.182 e. The average Bonchev–Trinajstić information content (AvgIpc) is 2.58. The number of rotatable bonds is 7. The Morgan fingerprint density at radius 2 is 2.25 bits per heavy atom. The number of carbonyl (C=O) groups excluding carboxylic acids is 1. The summed E-state index contributed by atoms with van der Waals surface area (Å²) in [6.07, 6.45) is 1.71. The summed E-state index contributed by atoms with van der Waals surface area (Å²) >= 11 is 0. The van der Waals surface area contributed by atoms with Crippen LogP contribution >= 0.6 is 0 Å². The molecule has 0 saturated heterocycles. The van der Waals surface area contributed by atoms with Crippen molar-refractivity contribution in [3.63, 3.8) is 0 Å². The van der Waals surface area contributed by atoms with Crippen molar-refractivity contribution in [1.29, 1.82) is 0 Å². The highest BCUT2D eigenvalue weighted by Gasteiger charge is 2.07. The van der Waals surface area contributed by atoms with E-state index in [1.165, 1.54) is 4.80 Å². The lowest BCUT2D eigenvalue weighted by Crippen LogP contribution is -2.24. The molecule has 1 aromatic rings. The normalized spacial score (nSPS) is 11.0. The van der Waals surface area contributed by atoms with E-state index in [1.807, 2.05) is 0 Å². The molecule has 1 N–H and O–H groups in total. The predicted octanol–water partition coefficient (Wildman–Crippen LogP) is 0.0999. The molecule has 0 aliphatic rings. The third-order valence-electron chi connectivity index (χ3n) is 2.09. The van der Waals surface area contributed by atoms with Gasteiger partial charge in [-0.1, -0.05) is 13.8 Å². The number of carbonyl (C=O) groups is 1. The monoisotopic (exact) mass is 225 g/mol. The molecule has 1 heterocycles. The van der Waals surface area contributed by atoms with Crippen LogP contribution in [0.25, 0.3) is 0 Å². The second-order valence-corrected chi connectivity index (χ2v) is 4.12. The van der Waals surface area contributed by atoms with Crippen LogP contribution in [0.5, 0.6) is 0 Å². The average molecular weight is 225 g/mol. The van der Waals surface area contributed by atoms with Gasteiger partial charge in [-0.3, -0.25) is 4.79 Å². The van der Waals surface area contributed by atoms with Gasteiger partial charge >= 0.3 is 0 Å². The van der Waals surface area contributed by atoms with Crippen molar-refractivity contribution >= 4 is 5.78 Å². The van der Waals surface area contributed by atoms with Gasteiger partial charge in [0, 0.05) is 12.5 Å². The van der Waals surface area contributed by atoms with E-state index in [0.717, 1.165) is 13.0 Å². The van der Waals surface area contributed by atoms with Gasteiger partial charge in [0.25, 0.3) is 0 Å². The van der Waals surface area contributed by atoms with Gasteiger partial charge in [0.15, 0.2) is 5.82 Å². The second-order valence-electron chi connectivity index (χ2n) is 4.12. The molecule has 90 valence electrons. The fraction of sp³-hybridized carbons (Fsp3) is 0.800. The van der Waals surface area contributed by atoms with E-state index in [2.05, 4.69) is 34.6 Å². The maximum absolute atomic E-state index is 11.5. The number of ketones is 1. The lowest BCUT2D eigenvalue weighted by atomic mass is 10.1. The zero-order valence-corrected chi connectivity index (χ0v) is 10.1. The van der Waals surface area contributed by atoms with Gasteiger partial charge in [0.05, 0.1) is 13.5 Å². The van der Waals surface area contributed by atoms with Crippen LogP contribution in [0, 0.1) is 0 Å². The van der Waals surface area contributed by atoms with Gasteiger partial charge in [-0.05, 0) is 18.2 Å². The highest BCUT2D eigenvalue weighted by Crippen LogP contribution is 1.96. The van der Waals surface area contributed by atoms with E-state index < -0.39 is 0 Å². The van der Waals surface area contributed by atoms with Crippen LogP contribution in [-0.2, 0) is 18.3 Å². The Bertz CT molecular complexity index is 334. The van der Waals surface area contributed by atoms with E-state index in [0.29, 0.717) is 18.3 Å². The van der Waals surface area contributed by atoms with Crippen molar-refractivity contribution in [3.05, 3.63) is 5.82 Å².